The third-order valence-electron chi connectivity index (χ3n) is 3.52. The van der Waals surface area contributed by atoms with Crippen LogP contribution in [0.4, 0.5) is 5.69 Å². The molecular weight excluding hydrogens is 316 g/mol. The number of nitro groups is 1. The van der Waals surface area contributed by atoms with Gasteiger partial charge in [0.15, 0.2) is 0 Å². The summed E-state index contributed by atoms with van der Waals surface area (Å²) in [7, 11) is 0. The van der Waals surface area contributed by atoms with Gasteiger partial charge in [-0.1, -0.05) is 41.9 Å². The Labute approximate surface area is 138 Å². The van der Waals surface area contributed by atoms with Crippen LogP contribution in [0.3, 0.4) is 0 Å². The molecule has 0 aliphatic carbocycles. The van der Waals surface area contributed by atoms with Crippen LogP contribution < -0.4 is 5.01 Å². The van der Waals surface area contributed by atoms with E-state index in [1.165, 1.54) is 0 Å². The highest BCUT2D eigenvalue weighted by Gasteiger charge is 2.29. The van der Waals surface area contributed by atoms with Crippen molar-refractivity contribution in [1.82, 2.24) is 4.90 Å². The van der Waals surface area contributed by atoms with Crippen LogP contribution in [0.25, 0.3) is 0 Å². The highest BCUT2D eigenvalue weighted by Crippen LogP contribution is 2.21. The molecule has 7 heteroatoms. The average Bonchev–Trinajstić information content (AvgIpc) is 2.56. The van der Waals surface area contributed by atoms with E-state index in [2.05, 4.69) is 5.10 Å². The standard InChI is InChI=1S/C16H15ClN4O2/c17-14-6-8-15(9-7-14)20-12-19(11-16(18-20)21(22)23)10-13-4-2-1-3-5-13/h1-9H,10-12H2. The van der Waals surface area contributed by atoms with Crippen molar-refractivity contribution in [2.24, 2.45) is 5.10 Å². The van der Waals surface area contributed by atoms with Crippen LogP contribution in [-0.4, -0.2) is 28.9 Å². The quantitative estimate of drug-likeness (QED) is 0.640. The molecule has 1 aliphatic heterocycles. The van der Waals surface area contributed by atoms with Gasteiger partial charge >= 0.3 is 5.84 Å². The number of hydrogen-bond donors (Lipinski definition) is 0. The second kappa shape index (κ2) is 6.76. The normalized spacial score (nSPS) is 15.3. The number of halogens is 1. The lowest BCUT2D eigenvalue weighted by Crippen LogP contribution is -2.45. The topological polar surface area (TPSA) is 62.0 Å². The van der Waals surface area contributed by atoms with Crippen LogP contribution in [0.15, 0.2) is 59.7 Å². The van der Waals surface area contributed by atoms with E-state index in [0.717, 1.165) is 11.3 Å². The summed E-state index contributed by atoms with van der Waals surface area (Å²) in [4.78, 5) is 12.7. The summed E-state index contributed by atoms with van der Waals surface area (Å²) in [5, 5.41) is 17.6. The first-order valence-corrected chi connectivity index (χ1v) is 7.51. The van der Waals surface area contributed by atoms with E-state index in [0.29, 0.717) is 18.2 Å². The van der Waals surface area contributed by atoms with Gasteiger partial charge in [-0.25, -0.2) is 0 Å². The van der Waals surface area contributed by atoms with E-state index in [4.69, 9.17) is 11.6 Å². The van der Waals surface area contributed by atoms with E-state index in [-0.39, 0.29) is 12.4 Å². The summed E-state index contributed by atoms with van der Waals surface area (Å²) < 4.78 is 0. The molecule has 0 unspecified atom stereocenters. The zero-order valence-electron chi connectivity index (χ0n) is 12.3. The zero-order chi connectivity index (χ0) is 16.2. The first-order valence-electron chi connectivity index (χ1n) is 7.13. The molecule has 0 N–H and O–H groups in total. The Morgan fingerprint density at radius 3 is 2.48 bits per heavy atom. The van der Waals surface area contributed by atoms with Crippen LogP contribution in [0.5, 0.6) is 0 Å². The van der Waals surface area contributed by atoms with Crippen molar-refractivity contribution in [2.75, 3.05) is 18.2 Å². The second-order valence-electron chi connectivity index (χ2n) is 5.26. The van der Waals surface area contributed by atoms with Gasteiger partial charge in [0.05, 0.1) is 10.8 Å². The van der Waals surface area contributed by atoms with Gasteiger partial charge in [0, 0.05) is 11.6 Å². The van der Waals surface area contributed by atoms with Crippen molar-refractivity contribution in [1.29, 1.82) is 0 Å². The van der Waals surface area contributed by atoms with Gasteiger partial charge in [-0.05, 0) is 34.8 Å². The van der Waals surface area contributed by atoms with Crippen molar-refractivity contribution in [3.63, 3.8) is 0 Å². The van der Waals surface area contributed by atoms with Crippen molar-refractivity contribution >= 4 is 23.1 Å². The molecule has 6 nitrogen and oxygen atoms in total. The van der Waals surface area contributed by atoms with Crippen LogP contribution in [0.2, 0.25) is 5.02 Å². The Morgan fingerprint density at radius 1 is 1.13 bits per heavy atom. The van der Waals surface area contributed by atoms with E-state index < -0.39 is 4.92 Å². The van der Waals surface area contributed by atoms with Gasteiger partial charge in [-0.2, -0.15) is 5.01 Å². The van der Waals surface area contributed by atoms with E-state index in [1.807, 2.05) is 35.2 Å². The third-order valence-corrected chi connectivity index (χ3v) is 3.77. The summed E-state index contributed by atoms with van der Waals surface area (Å²) in [6.45, 7) is 1.32. The van der Waals surface area contributed by atoms with Gasteiger partial charge in [0.1, 0.15) is 13.2 Å². The highest BCUT2D eigenvalue weighted by atomic mass is 35.5. The maximum absolute atomic E-state index is 11.2. The summed E-state index contributed by atoms with van der Waals surface area (Å²) in [6.07, 6.45) is 0. The van der Waals surface area contributed by atoms with Crippen LogP contribution in [0.1, 0.15) is 5.56 Å². The van der Waals surface area contributed by atoms with E-state index in [9.17, 15) is 10.1 Å². The van der Waals surface area contributed by atoms with Crippen LogP contribution in [-0.2, 0) is 6.54 Å². The van der Waals surface area contributed by atoms with Gasteiger partial charge in [-0.15, -0.1) is 0 Å². The second-order valence-corrected chi connectivity index (χ2v) is 5.70. The Balaban J connectivity index is 1.83. The first-order chi connectivity index (χ1) is 11.1. The molecule has 0 spiro atoms. The molecule has 2 aromatic carbocycles. The predicted molar refractivity (Wildman–Crippen MR) is 90.1 cm³/mol. The number of hydrazone groups is 1. The molecule has 1 heterocycles. The third kappa shape index (κ3) is 3.85. The van der Waals surface area contributed by atoms with Crippen molar-refractivity contribution in [2.45, 2.75) is 6.54 Å². The largest absolute Gasteiger partial charge is 0.378 e. The lowest BCUT2D eigenvalue weighted by molar-refractivity contribution is -0.354. The molecule has 0 fully saturated rings. The lowest BCUT2D eigenvalue weighted by atomic mass is 10.2. The molecule has 0 bridgehead atoms. The zero-order valence-corrected chi connectivity index (χ0v) is 13.1. The number of benzene rings is 2. The molecule has 118 valence electrons. The van der Waals surface area contributed by atoms with E-state index >= 15 is 0 Å². The van der Waals surface area contributed by atoms with E-state index in [1.54, 1.807) is 29.3 Å². The number of hydrogen-bond acceptors (Lipinski definition) is 5. The maximum atomic E-state index is 11.2. The Morgan fingerprint density at radius 2 is 1.83 bits per heavy atom. The number of amidine groups is 1. The summed E-state index contributed by atoms with van der Waals surface area (Å²) in [6, 6.07) is 17.0. The van der Waals surface area contributed by atoms with Gasteiger partial charge in [0.2, 0.25) is 0 Å². The van der Waals surface area contributed by atoms with Crippen molar-refractivity contribution in [3.05, 3.63) is 75.3 Å². The molecule has 3 rings (SSSR count). The number of rotatable bonds is 3. The molecule has 0 saturated heterocycles. The molecule has 2 aromatic rings. The minimum atomic E-state index is -0.430. The van der Waals surface area contributed by atoms with Gasteiger partial charge < -0.3 is 10.1 Å². The summed E-state index contributed by atoms with van der Waals surface area (Å²) in [5.41, 5.74) is 1.87. The van der Waals surface area contributed by atoms with Gasteiger partial charge in [-0.3, -0.25) is 4.90 Å². The van der Waals surface area contributed by atoms with Crippen LogP contribution in [0, 0.1) is 10.1 Å². The number of anilines is 1. The first kappa shape index (κ1) is 15.5. The maximum Gasteiger partial charge on any atom is 0.378 e. The Hall–Kier alpha value is -2.44. The monoisotopic (exact) mass is 330 g/mol. The van der Waals surface area contributed by atoms with Crippen molar-refractivity contribution < 1.29 is 4.92 Å². The fourth-order valence-electron chi connectivity index (χ4n) is 2.44. The SMILES string of the molecule is O=[N+]([O-])C1=NN(c2ccc(Cl)cc2)CN(Cc2ccccc2)C1. The fraction of sp³-hybridized carbons (Fsp3) is 0.188. The predicted octanol–water partition coefficient (Wildman–Crippen LogP) is 3.21. The summed E-state index contributed by atoms with van der Waals surface area (Å²) >= 11 is 5.89. The average molecular weight is 331 g/mol. The molecule has 0 amide bonds. The minimum absolute atomic E-state index is 0.0675. The molecule has 0 aromatic heterocycles. The van der Waals surface area contributed by atoms with Crippen molar-refractivity contribution in [3.8, 4) is 0 Å². The fourth-order valence-corrected chi connectivity index (χ4v) is 2.56. The highest BCUT2D eigenvalue weighted by molar-refractivity contribution is 6.30. The molecule has 0 radical (unpaired) electrons. The molecule has 0 saturated carbocycles. The summed E-state index contributed by atoms with van der Waals surface area (Å²) in [5.74, 6) is -0.0675. The molecular formula is C16H15ClN4O2. The Kier molecular flexibility index (Phi) is 4.55. The Bertz CT molecular complexity index is 719. The lowest BCUT2D eigenvalue weighted by Gasteiger charge is -2.28. The van der Waals surface area contributed by atoms with Gasteiger partial charge in [0.25, 0.3) is 0 Å². The van der Waals surface area contributed by atoms with Crippen LogP contribution >= 0.6 is 11.6 Å². The minimum Gasteiger partial charge on any atom is -0.358 e. The molecule has 0 atom stereocenters. The molecule has 1 aliphatic rings. The smallest absolute Gasteiger partial charge is 0.358 e. The molecule has 23 heavy (non-hydrogen) atoms. The number of nitrogens with zero attached hydrogens (tertiary/aromatic N) is 4.